The van der Waals surface area contributed by atoms with E-state index in [0.29, 0.717) is 0 Å². The maximum Gasteiger partial charge on any atom is 0.125 e. The Morgan fingerprint density at radius 3 is 2.29 bits per heavy atom. The number of aromatic nitrogens is 2. The number of hydrogen-bond acceptors (Lipinski definition) is 5. The van der Waals surface area contributed by atoms with Gasteiger partial charge in [0.2, 0.25) is 0 Å². The average molecular weight is 329 g/mol. The van der Waals surface area contributed by atoms with Crippen LogP contribution in [0.5, 0.6) is 0 Å². The SMILES string of the molecule is Cc1nccc(CN2CC(N3CCN(C4CCCCC4)CC3)C2)n1. The van der Waals surface area contributed by atoms with Crippen molar-refractivity contribution in [2.45, 2.75) is 57.7 Å². The van der Waals surface area contributed by atoms with E-state index in [0.717, 1.165) is 30.1 Å². The van der Waals surface area contributed by atoms with Crippen molar-refractivity contribution < 1.29 is 0 Å². The normalized spacial score (nSPS) is 25.7. The average Bonchev–Trinajstić information content (AvgIpc) is 2.59. The summed E-state index contributed by atoms with van der Waals surface area (Å²) in [6.45, 7) is 10.4. The molecule has 5 heteroatoms. The maximum atomic E-state index is 4.52. The topological polar surface area (TPSA) is 35.5 Å². The Balaban J connectivity index is 1.19. The second kappa shape index (κ2) is 7.46. The monoisotopic (exact) mass is 329 g/mol. The fraction of sp³-hybridized carbons (Fsp3) is 0.789. The van der Waals surface area contributed by atoms with Gasteiger partial charge in [-0.1, -0.05) is 19.3 Å². The van der Waals surface area contributed by atoms with Gasteiger partial charge in [-0.25, -0.2) is 9.97 Å². The highest BCUT2D eigenvalue weighted by Crippen LogP contribution is 2.25. The van der Waals surface area contributed by atoms with E-state index in [9.17, 15) is 0 Å². The summed E-state index contributed by atoms with van der Waals surface area (Å²) in [4.78, 5) is 16.7. The van der Waals surface area contributed by atoms with Crippen molar-refractivity contribution in [1.29, 1.82) is 0 Å². The van der Waals surface area contributed by atoms with Gasteiger partial charge < -0.3 is 0 Å². The molecule has 0 bridgehead atoms. The second-order valence-electron chi connectivity index (χ2n) is 7.81. The molecule has 3 aliphatic rings. The predicted octanol–water partition coefficient (Wildman–Crippen LogP) is 1.92. The Morgan fingerprint density at radius 2 is 1.62 bits per heavy atom. The number of hydrogen-bond donors (Lipinski definition) is 0. The third-order valence-corrected chi connectivity index (χ3v) is 6.11. The first-order valence-electron chi connectivity index (χ1n) is 9.77. The molecule has 0 N–H and O–H groups in total. The van der Waals surface area contributed by atoms with E-state index >= 15 is 0 Å². The van der Waals surface area contributed by atoms with E-state index in [2.05, 4.69) is 24.7 Å². The second-order valence-corrected chi connectivity index (χ2v) is 7.81. The van der Waals surface area contributed by atoms with Gasteiger partial charge in [0.25, 0.3) is 0 Å². The van der Waals surface area contributed by atoms with E-state index in [1.807, 2.05) is 19.2 Å². The van der Waals surface area contributed by atoms with Crippen molar-refractivity contribution >= 4 is 0 Å². The van der Waals surface area contributed by atoms with Gasteiger partial charge in [-0.2, -0.15) is 0 Å². The van der Waals surface area contributed by atoms with Crippen molar-refractivity contribution in [1.82, 2.24) is 24.7 Å². The molecule has 1 saturated carbocycles. The Labute approximate surface area is 146 Å². The van der Waals surface area contributed by atoms with Gasteiger partial charge in [-0.05, 0) is 25.8 Å². The highest BCUT2D eigenvalue weighted by Gasteiger charge is 2.34. The summed E-state index contributed by atoms with van der Waals surface area (Å²) >= 11 is 0. The highest BCUT2D eigenvalue weighted by atomic mass is 15.4. The van der Waals surface area contributed by atoms with Gasteiger partial charge in [0.1, 0.15) is 5.82 Å². The minimum atomic E-state index is 0.765. The predicted molar refractivity (Wildman–Crippen MR) is 95.9 cm³/mol. The summed E-state index contributed by atoms with van der Waals surface area (Å²) in [5, 5.41) is 0. The summed E-state index contributed by atoms with van der Waals surface area (Å²) < 4.78 is 0. The molecule has 4 rings (SSSR count). The molecule has 2 aliphatic heterocycles. The number of piperazine rings is 1. The summed E-state index contributed by atoms with van der Waals surface area (Å²) in [5.74, 6) is 0.878. The number of rotatable bonds is 4. The van der Waals surface area contributed by atoms with Crippen LogP contribution >= 0.6 is 0 Å². The van der Waals surface area contributed by atoms with Crippen LogP contribution in [-0.2, 0) is 6.54 Å². The highest BCUT2D eigenvalue weighted by molar-refractivity contribution is 5.03. The zero-order chi connectivity index (χ0) is 16.4. The van der Waals surface area contributed by atoms with Gasteiger partial charge in [0.15, 0.2) is 0 Å². The van der Waals surface area contributed by atoms with Crippen LogP contribution in [0.2, 0.25) is 0 Å². The Bertz CT molecular complexity index is 528. The Morgan fingerprint density at radius 1 is 0.958 bits per heavy atom. The molecule has 0 spiro atoms. The third kappa shape index (κ3) is 3.79. The minimum Gasteiger partial charge on any atom is -0.298 e. The van der Waals surface area contributed by atoms with Crippen LogP contribution in [-0.4, -0.2) is 76.0 Å². The summed E-state index contributed by atoms with van der Waals surface area (Å²) in [5.41, 5.74) is 1.16. The minimum absolute atomic E-state index is 0.765. The lowest BCUT2D eigenvalue weighted by Crippen LogP contribution is -2.63. The quantitative estimate of drug-likeness (QED) is 0.843. The van der Waals surface area contributed by atoms with Gasteiger partial charge in [-0.15, -0.1) is 0 Å². The van der Waals surface area contributed by atoms with Crippen molar-refractivity contribution in [2.75, 3.05) is 39.3 Å². The van der Waals surface area contributed by atoms with Crippen molar-refractivity contribution in [3.05, 3.63) is 23.8 Å². The summed E-state index contributed by atoms with van der Waals surface area (Å²) in [7, 11) is 0. The standard InChI is InChI=1S/C19H31N5/c1-16-20-8-7-17(21-16)13-22-14-19(15-22)24-11-9-23(10-12-24)18-5-3-2-4-6-18/h7-8,18-19H,2-6,9-15H2,1H3. The van der Waals surface area contributed by atoms with Gasteiger partial charge in [-0.3, -0.25) is 14.7 Å². The van der Waals surface area contributed by atoms with E-state index in [4.69, 9.17) is 0 Å². The molecule has 0 atom stereocenters. The van der Waals surface area contributed by atoms with Crippen LogP contribution in [0.25, 0.3) is 0 Å². The zero-order valence-corrected chi connectivity index (χ0v) is 15.0. The smallest absolute Gasteiger partial charge is 0.125 e. The molecule has 1 aliphatic carbocycles. The maximum absolute atomic E-state index is 4.52. The number of aryl methyl sites for hydroxylation is 1. The van der Waals surface area contributed by atoms with Gasteiger partial charge >= 0.3 is 0 Å². The fourth-order valence-electron chi connectivity index (χ4n) is 4.64. The van der Waals surface area contributed by atoms with Crippen LogP contribution in [0.1, 0.15) is 43.6 Å². The van der Waals surface area contributed by atoms with E-state index in [-0.39, 0.29) is 0 Å². The number of nitrogens with zero attached hydrogens (tertiary/aromatic N) is 5. The molecular formula is C19H31N5. The lowest BCUT2D eigenvalue weighted by molar-refractivity contribution is -0.0108. The molecule has 132 valence electrons. The molecule has 0 radical (unpaired) electrons. The summed E-state index contributed by atoms with van der Waals surface area (Å²) in [6.07, 6.45) is 9.11. The molecular weight excluding hydrogens is 298 g/mol. The van der Waals surface area contributed by atoms with Crippen LogP contribution in [0, 0.1) is 6.92 Å². The molecule has 1 aromatic heterocycles. The lowest BCUT2D eigenvalue weighted by Gasteiger charge is -2.49. The molecule has 3 heterocycles. The van der Waals surface area contributed by atoms with Crippen LogP contribution in [0.15, 0.2) is 12.3 Å². The molecule has 5 nitrogen and oxygen atoms in total. The third-order valence-electron chi connectivity index (χ3n) is 6.11. The first-order chi connectivity index (χ1) is 11.8. The first kappa shape index (κ1) is 16.4. The van der Waals surface area contributed by atoms with Crippen LogP contribution in [0.3, 0.4) is 0 Å². The largest absolute Gasteiger partial charge is 0.298 e. The molecule has 0 amide bonds. The van der Waals surface area contributed by atoms with Crippen LogP contribution < -0.4 is 0 Å². The van der Waals surface area contributed by atoms with E-state index in [1.54, 1.807) is 0 Å². The van der Waals surface area contributed by atoms with Crippen molar-refractivity contribution in [2.24, 2.45) is 0 Å². The molecule has 1 aromatic rings. The zero-order valence-electron chi connectivity index (χ0n) is 15.0. The van der Waals surface area contributed by atoms with Crippen LogP contribution in [0.4, 0.5) is 0 Å². The Kier molecular flexibility index (Phi) is 5.11. The van der Waals surface area contributed by atoms with E-state index in [1.165, 1.54) is 71.4 Å². The summed E-state index contributed by atoms with van der Waals surface area (Å²) in [6, 6.07) is 3.70. The molecule has 2 saturated heterocycles. The molecule has 0 aromatic carbocycles. The Hall–Kier alpha value is -1.04. The van der Waals surface area contributed by atoms with Crippen molar-refractivity contribution in [3.8, 4) is 0 Å². The molecule has 0 unspecified atom stereocenters. The molecule has 24 heavy (non-hydrogen) atoms. The van der Waals surface area contributed by atoms with E-state index < -0.39 is 0 Å². The first-order valence-corrected chi connectivity index (χ1v) is 9.77. The van der Waals surface area contributed by atoms with Crippen molar-refractivity contribution in [3.63, 3.8) is 0 Å². The van der Waals surface area contributed by atoms with Gasteiger partial charge in [0.05, 0.1) is 5.69 Å². The molecule has 3 fully saturated rings. The fourth-order valence-corrected chi connectivity index (χ4v) is 4.64. The lowest BCUT2D eigenvalue weighted by atomic mass is 9.93. The van der Waals surface area contributed by atoms with Gasteiger partial charge in [0, 0.05) is 64.1 Å². The number of likely N-dealkylation sites (tertiary alicyclic amines) is 1.